The van der Waals surface area contributed by atoms with Gasteiger partial charge in [-0.15, -0.1) is 0 Å². The van der Waals surface area contributed by atoms with Gasteiger partial charge in [0.1, 0.15) is 0 Å². The van der Waals surface area contributed by atoms with E-state index in [2.05, 4.69) is 31.2 Å². The Labute approximate surface area is 156 Å². The highest BCUT2D eigenvalue weighted by Gasteiger charge is 2.18. The fraction of sp³-hybridized carbons (Fsp3) is 0.0667. The summed E-state index contributed by atoms with van der Waals surface area (Å²) in [6.07, 6.45) is 3.65. The van der Waals surface area contributed by atoms with Gasteiger partial charge in [-0.1, -0.05) is 0 Å². The lowest BCUT2D eigenvalue weighted by Gasteiger charge is -2.04. The lowest BCUT2D eigenvalue weighted by atomic mass is 10.1. The molecule has 3 heterocycles. The summed E-state index contributed by atoms with van der Waals surface area (Å²) in [5, 5.41) is 1.46. The Balaban J connectivity index is 2.10. The summed E-state index contributed by atoms with van der Waals surface area (Å²) in [4.78, 5) is 8.60. The molecule has 0 amide bonds. The second-order valence-corrected chi connectivity index (χ2v) is 7.28. The second-order valence-electron chi connectivity index (χ2n) is 5.23. The average molecular weight is 477 g/mol. The van der Waals surface area contributed by atoms with Crippen molar-refractivity contribution in [3.8, 4) is 11.3 Å². The molecule has 0 aliphatic heterocycles. The fourth-order valence-corrected chi connectivity index (χ4v) is 4.22. The summed E-state index contributed by atoms with van der Waals surface area (Å²) >= 11 is 8.23. The molecule has 0 aliphatic rings. The fourth-order valence-electron chi connectivity index (χ4n) is 2.79. The Morgan fingerprint density at radius 3 is 2.67 bits per heavy atom. The molecule has 0 fully saturated rings. The highest BCUT2D eigenvalue weighted by molar-refractivity contribution is 14.2. The van der Waals surface area contributed by atoms with Crippen molar-refractivity contribution in [2.24, 2.45) is 7.05 Å². The number of hydrogen-bond acceptors (Lipinski definition) is 3. The summed E-state index contributed by atoms with van der Waals surface area (Å²) in [6, 6.07) is 4.25. The van der Waals surface area contributed by atoms with Crippen LogP contribution in [-0.4, -0.2) is 18.5 Å². The molecule has 3 aromatic heterocycles. The molecule has 1 aromatic carbocycles. The van der Waals surface area contributed by atoms with Crippen LogP contribution in [0.15, 0.2) is 30.6 Å². The Hall–Kier alpha value is -1.39. The Morgan fingerprint density at radius 2 is 1.92 bits per heavy atom. The third-order valence-corrected chi connectivity index (χ3v) is 5.73. The zero-order valence-electron chi connectivity index (χ0n) is 12.1. The van der Waals surface area contributed by atoms with Gasteiger partial charge in [0.05, 0.1) is 11.2 Å². The molecule has 24 heavy (non-hydrogen) atoms. The number of fused-ring (bicyclic) bond motifs is 2. The minimum absolute atomic E-state index is 0.0995. The number of rotatable bonds is 2. The first kappa shape index (κ1) is 16.1. The lowest BCUT2D eigenvalue weighted by Crippen LogP contribution is -1.92. The van der Waals surface area contributed by atoms with Crippen LogP contribution in [0.1, 0.15) is 0 Å². The third-order valence-electron chi connectivity index (χ3n) is 3.84. The van der Waals surface area contributed by atoms with E-state index < -0.39 is 11.6 Å². The maximum absolute atomic E-state index is 13.8. The summed E-state index contributed by atoms with van der Waals surface area (Å²) < 4.78 is 30.9. The standard InChI is InChI=1S/C15H8ClF2IN4S/c1-22-6-9(8-4-10(17)11(18)5-12(8)22)13-7-2-3-23(24-19)14(7)21-15(16)20-13/h2-6H,1H3. The third kappa shape index (κ3) is 2.39. The molecule has 0 radical (unpaired) electrons. The minimum atomic E-state index is -0.897. The van der Waals surface area contributed by atoms with E-state index in [0.29, 0.717) is 27.8 Å². The van der Waals surface area contributed by atoms with Gasteiger partial charge >= 0.3 is 0 Å². The predicted molar refractivity (Wildman–Crippen MR) is 101 cm³/mol. The highest BCUT2D eigenvalue weighted by Crippen LogP contribution is 2.36. The van der Waals surface area contributed by atoms with Crippen LogP contribution >= 0.6 is 41.9 Å². The van der Waals surface area contributed by atoms with E-state index in [1.165, 1.54) is 21.3 Å². The molecular formula is C15H8ClF2IN4S. The van der Waals surface area contributed by atoms with Crippen LogP contribution < -0.4 is 0 Å². The predicted octanol–water partition coefficient (Wildman–Crippen LogP) is 5.37. The van der Waals surface area contributed by atoms with Gasteiger partial charge in [-0.05, 0) is 23.7 Å². The molecule has 0 saturated heterocycles. The van der Waals surface area contributed by atoms with Crippen LogP contribution in [0.5, 0.6) is 0 Å². The van der Waals surface area contributed by atoms with Gasteiger partial charge < -0.3 is 4.57 Å². The van der Waals surface area contributed by atoms with Crippen LogP contribution in [0.3, 0.4) is 0 Å². The van der Waals surface area contributed by atoms with E-state index in [-0.39, 0.29) is 5.28 Å². The van der Waals surface area contributed by atoms with Crippen LogP contribution in [-0.2, 0) is 7.05 Å². The first-order valence-corrected chi connectivity index (χ1v) is 10.5. The van der Waals surface area contributed by atoms with Crippen molar-refractivity contribution in [3.05, 3.63) is 47.5 Å². The van der Waals surface area contributed by atoms with E-state index >= 15 is 0 Å². The molecule has 0 saturated carbocycles. The van der Waals surface area contributed by atoms with Crippen molar-refractivity contribution in [3.63, 3.8) is 0 Å². The smallest absolute Gasteiger partial charge is 0.224 e. The number of hydrogen-bond donors (Lipinski definition) is 0. The molecule has 0 unspecified atom stereocenters. The summed E-state index contributed by atoms with van der Waals surface area (Å²) in [6.45, 7) is 0. The first-order valence-electron chi connectivity index (χ1n) is 6.77. The van der Waals surface area contributed by atoms with Crippen molar-refractivity contribution >= 4 is 63.9 Å². The lowest BCUT2D eigenvalue weighted by molar-refractivity contribution is 0.510. The van der Waals surface area contributed by atoms with Crippen LogP contribution in [0.25, 0.3) is 33.2 Å². The summed E-state index contributed by atoms with van der Waals surface area (Å²) in [5.41, 5.74) is 2.51. The second kappa shape index (κ2) is 5.85. The van der Waals surface area contributed by atoms with Crippen LogP contribution in [0, 0.1) is 11.6 Å². The molecule has 0 bridgehead atoms. The molecule has 4 rings (SSSR count). The Morgan fingerprint density at radius 1 is 1.17 bits per heavy atom. The molecule has 0 atom stereocenters. The van der Waals surface area contributed by atoms with Crippen LogP contribution in [0.2, 0.25) is 5.28 Å². The van der Waals surface area contributed by atoms with Gasteiger partial charge in [-0.25, -0.2) is 13.8 Å². The number of halogens is 4. The molecule has 9 heteroatoms. The molecular weight excluding hydrogens is 469 g/mol. The van der Waals surface area contributed by atoms with Crippen molar-refractivity contribution < 1.29 is 8.78 Å². The van der Waals surface area contributed by atoms with E-state index in [0.717, 1.165) is 5.39 Å². The van der Waals surface area contributed by atoms with Crippen LogP contribution in [0.4, 0.5) is 8.78 Å². The van der Waals surface area contributed by atoms with Gasteiger partial charge in [-0.3, -0.25) is 3.97 Å². The minimum Gasteiger partial charge on any atom is -0.350 e. The van der Waals surface area contributed by atoms with E-state index in [9.17, 15) is 8.78 Å². The van der Waals surface area contributed by atoms with E-state index in [1.54, 1.807) is 17.8 Å². The maximum atomic E-state index is 13.8. The number of nitrogens with zero attached hydrogens (tertiary/aromatic N) is 4. The van der Waals surface area contributed by atoms with Gasteiger partial charge in [-0.2, -0.15) is 4.98 Å². The molecule has 122 valence electrons. The summed E-state index contributed by atoms with van der Waals surface area (Å²) in [7, 11) is 3.23. The van der Waals surface area contributed by atoms with Crippen molar-refractivity contribution in [1.29, 1.82) is 0 Å². The number of benzene rings is 1. The summed E-state index contributed by atoms with van der Waals surface area (Å²) in [5.74, 6) is -1.78. The average Bonchev–Trinajstić information content (AvgIpc) is 3.09. The zero-order chi connectivity index (χ0) is 17.0. The SMILES string of the molecule is Cn1cc(-c2nc(Cl)nc3c2ccn3SI)c2cc(F)c(F)cc21. The van der Waals surface area contributed by atoms with Crippen molar-refractivity contribution in [2.75, 3.05) is 0 Å². The van der Waals surface area contributed by atoms with E-state index in [1.807, 2.05) is 16.2 Å². The van der Waals surface area contributed by atoms with Gasteiger partial charge in [0.25, 0.3) is 0 Å². The highest BCUT2D eigenvalue weighted by atomic mass is 127. The largest absolute Gasteiger partial charge is 0.350 e. The monoisotopic (exact) mass is 476 g/mol. The van der Waals surface area contributed by atoms with Gasteiger partial charge in [0.15, 0.2) is 17.3 Å². The normalized spacial score (nSPS) is 11.7. The molecule has 0 spiro atoms. The zero-order valence-corrected chi connectivity index (χ0v) is 15.8. The van der Waals surface area contributed by atoms with Gasteiger partial charge in [0, 0.05) is 72.2 Å². The maximum Gasteiger partial charge on any atom is 0.224 e. The topological polar surface area (TPSA) is 35.6 Å². The Kier molecular flexibility index (Phi) is 3.92. The van der Waals surface area contributed by atoms with E-state index in [4.69, 9.17) is 11.6 Å². The quantitative estimate of drug-likeness (QED) is 0.288. The van der Waals surface area contributed by atoms with Crippen molar-refractivity contribution in [1.82, 2.24) is 18.5 Å². The van der Waals surface area contributed by atoms with Gasteiger partial charge in [0.2, 0.25) is 5.28 Å². The Bertz CT molecular complexity index is 1110. The van der Waals surface area contributed by atoms with Crippen molar-refractivity contribution in [2.45, 2.75) is 0 Å². The molecule has 0 N–H and O–H groups in total. The first-order chi connectivity index (χ1) is 11.5. The molecule has 4 nitrogen and oxygen atoms in total. The number of aryl methyl sites for hydroxylation is 1. The number of aromatic nitrogens is 4. The molecule has 4 aromatic rings. The molecule has 0 aliphatic carbocycles.